The Kier molecular flexibility index (Phi) is 8.10. The van der Waals surface area contributed by atoms with Crippen molar-refractivity contribution in [1.29, 1.82) is 0 Å². The number of likely N-dealkylation sites (N-methyl/N-ethyl adjacent to an activating group) is 1. The number of nitrogens with zero attached hydrogens (tertiary/aromatic N) is 2. The number of anilines is 2. The number of carboxylic acids is 1. The lowest BCUT2D eigenvalue weighted by Crippen LogP contribution is -2.39. The van der Waals surface area contributed by atoms with Gasteiger partial charge in [-0.3, -0.25) is 4.79 Å². The Balaban J connectivity index is 1.57. The van der Waals surface area contributed by atoms with Crippen molar-refractivity contribution in [1.82, 2.24) is 4.31 Å². The van der Waals surface area contributed by atoms with Crippen LogP contribution in [-0.4, -0.2) is 62.9 Å². The van der Waals surface area contributed by atoms with Crippen LogP contribution in [0.2, 0.25) is 0 Å². The van der Waals surface area contributed by atoms with Gasteiger partial charge in [-0.25, -0.2) is 30.5 Å². The normalized spacial score (nSPS) is 23.8. The van der Waals surface area contributed by atoms with Crippen LogP contribution < -0.4 is 9.64 Å². The first-order valence-electron chi connectivity index (χ1n) is 13.3. The summed E-state index contributed by atoms with van der Waals surface area (Å²) in [5.74, 6) is -7.00. The molecule has 1 aliphatic heterocycles. The molecule has 13 heteroatoms. The molecule has 41 heavy (non-hydrogen) atoms. The van der Waals surface area contributed by atoms with E-state index >= 15 is 0 Å². The highest BCUT2D eigenvalue weighted by Gasteiger charge is 2.51. The summed E-state index contributed by atoms with van der Waals surface area (Å²) in [6.45, 7) is 0.795. The first-order chi connectivity index (χ1) is 19.2. The van der Waals surface area contributed by atoms with Crippen LogP contribution in [0.1, 0.15) is 45.4 Å². The average molecular weight is 619 g/mol. The number of carbonyl (C=O) groups is 1. The van der Waals surface area contributed by atoms with Crippen LogP contribution in [0.4, 0.5) is 33.3 Å². The summed E-state index contributed by atoms with van der Waals surface area (Å²) in [5.41, 5.74) is -0.209. The van der Waals surface area contributed by atoms with Crippen molar-refractivity contribution in [3.05, 3.63) is 42.2 Å². The van der Waals surface area contributed by atoms with Crippen LogP contribution in [0.5, 0.6) is 5.75 Å². The summed E-state index contributed by atoms with van der Waals surface area (Å²) in [6, 6.07) is 8.28. The van der Waals surface area contributed by atoms with Crippen molar-refractivity contribution in [2.75, 3.05) is 25.1 Å². The minimum absolute atomic E-state index is 0.00873. The standard InChI is InChI=1S/C28H31F5N2O4S2/c1-26(30,31)7-6-19-15-35(18-5-3-4-17(29)10-18)21-11-23(40-20-13-28(32,33)14-20)22(12-24(21)41(38)34(19)2)39-16-27(8-9-27)25(36)37/h3-5,10-12,19-20H,6-9,13-16H2,1-2H3,(H,36,37). The van der Waals surface area contributed by atoms with E-state index in [9.17, 15) is 36.1 Å². The monoisotopic (exact) mass is 618 g/mol. The molecule has 2 aliphatic carbocycles. The number of rotatable bonds is 10. The van der Waals surface area contributed by atoms with E-state index in [4.69, 9.17) is 4.74 Å². The summed E-state index contributed by atoms with van der Waals surface area (Å²) >= 11 is 1.17. The number of carboxylic acid groups (broad SMARTS) is 1. The predicted octanol–water partition coefficient (Wildman–Crippen LogP) is 6.87. The van der Waals surface area contributed by atoms with Gasteiger partial charge in [0.05, 0.1) is 15.5 Å². The third-order valence-electron chi connectivity index (χ3n) is 7.87. The van der Waals surface area contributed by atoms with Crippen LogP contribution in [0.3, 0.4) is 0 Å². The van der Waals surface area contributed by atoms with Crippen LogP contribution in [0, 0.1) is 11.2 Å². The molecule has 2 fully saturated rings. The van der Waals surface area contributed by atoms with E-state index in [1.54, 1.807) is 24.1 Å². The smallest absolute Gasteiger partial charge is 0.313 e. The lowest BCUT2D eigenvalue weighted by atomic mass is 9.94. The minimum atomic E-state index is -2.94. The number of ether oxygens (including phenoxy) is 1. The van der Waals surface area contributed by atoms with Crippen molar-refractivity contribution in [3.63, 3.8) is 0 Å². The molecule has 2 saturated carbocycles. The first-order valence-corrected chi connectivity index (χ1v) is 15.3. The SMILES string of the molecule is CN1C(CCC(C)(F)F)CN(c2cccc(F)c2)c2cc(SC3CC(F)(F)C3)c(OCC3(C(=O)O)CC3)cc2S1=O. The molecule has 1 heterocycles. The number of benzene rings is 2. The Morgan fingerprint density at radius 2 is 1.93 bits per heavy atom. The Hall–Kier alpha value is -2.38. The third kappa shape index (κ3) is 6.67. The largest absolute Gasteiger partial charge is 0.491 e. The molecule has 2 aromatic carbocycles. The van der Waals surface area contributed by atoms with Gasteiger partial charge >= 0.3 is 5.97 Å². The maximum absolute atomic E-state index is 14.3. The molecule has 0 radical (unpaired) electrons. The maximum Gasteiger partial charge on any atom is 0.313 e. The topological polar surface area (TPSA) is 70.1 Å². The van der Waals surface area contributed by atoms with Gasteiger partial charge in [-0.1, -0.05) is 6.07 Å². The zero-order valence-corrected chi connectivity index (χ0v) is 24.2. The van der Waals surface area contributed by atoms with Gasteiger partial charge in [0.1, 0.15) is 34.6 Å². The number of fused-ring (bicyclic) bond motifs is 1. The first kappa shape index (κ1) is 30.1. The molecule has 2 aromatic rings. The molecule has 0 bridgehead atoms. The number of hydrogen-bond donors (Lipinski definition) is 1. The zero-order valence-electron chi connectivity index (χ0n) is 22.5. The maximum atomic E-state index is 14.3. The van der Waals surface area contributed by atoms with Crippen LogP contribution >= 0.6 is 11.8 Å². The fourth-order valence-corrected chi connectivity index (χ4v) is 7.77. The summed E-state index contributed by atoms with van der Waals surface area (Å²) in [5, 5.41) is 9.20. The van der Waals surface area contributed by atoms with Crippen molar-refractivity contribution in [2.24, 2.45) is 5.41 Å². The highest BCUT2D eigenvalue weighted by molar-refractivity contribution is 8.00. The van der Waals surface area contributed by atoms with Gasteiger partial charge in [-0.2, -0.15) is 0 Å². The molecule has 0 aromatic heterocycles. The Bertz CT molecular complexity index is 1340. The van der Waals surface area contributed by atoms with E-state index in [-0.39, 0.29) is 43.1 Å². The second kappa shape index (κ2) is 11.0. The van der Waals surface area contributed by atoms with Crippen LogP contribution in [0.15, 0.2) is 46.2 Å². The molecule has 0 spiro atoms. The van der Waals surface area contributed by atoms with E-state index in [0.29, 0.717) is 29.1 Å². The summed E-state index contributed by atoms with van der Waals surface area (Å²) < 4.78 is 90.7. The fraction of sp³-hybridized carbons (Fsp3) is 0.536. The Morgan fingerprint density at radius 1 is 1.22 bits per heavy atom. The summed E-state index contributed by atoms with van der Waals surface area (Å²) in [4.78, 5) is 14.2. The van der Waals surface area contributed by atoms with Gasteiger partial charge < -0.3 is 14.7 Å². The Labute approximate surface area is 241 Å². The number of aliphatic carboxylic acids is 1. The van der Waals surface area contributed by atoms with Gasteiger partial charge in [0.15, 0.2) is 0 Å². The number of halogens is 5. The molecule has 3 aliphatic rings. The second-order valence-electron chi connectivity index (χ2n) is 11.3. The highest BCUT2D eigenvalue weighted by Crippen LogP contribution is 2.52. The summed E-state index contributed by atoms with van der Waals surface area (Å²) in [7, 11) is -0.291. The van der Waals surface area contributed by atoms with Crippen LogP contribution in [0.25, 0.3) is 0 Å². The molecular weight excluding hydrogens is 587 g/mol. The number of alkyl halides is 4. The quantitative estimate of drug-likeness (QED) is 0.293. The Morgan fingerprint density at radius 3 is 2.51 bits per heavy atom. The van der Waals surface area contributed by atoms with Crippen LogP contribution in [-0.2, 0) is 15.8 Å². The van der Waals surface area contributed by atoms with Crippen molar-refractivity contribution in [3.8, 4) is 5.75 Å². The van der Waals surface area contributed by atoms with E-state index in [1.807, 2.05) is 0 Å². The molecule has 0 amide bonds. The number of hydrogen-bond acceptors (Lipinski definition) is 5. The lowest BCUT2D eigenvalue weighted by molar-refractivity contribution is -0.144. The molecule has 2 unspecified atom stereocenters. The van der Waals surface area contributed by atoms with Crippen molar-refractivity contribution in [2.45, 2.75) is 78.4 Å². The van der Waals surface area contributed by atoms with E-state index in [0.717, 1.165) is 6.92 Å². The second-order valence-corrected chi connectivity index (χ2v) is 14.1. The molecule has 5 rings (SSSR count). The van der Waals surface area contributed by atoms with Gasteiger partial charge in [-0.15, -0.1) is 11.8 Å². The predicted molar refractivity (Wildman–Crippen MR) is 146 cm³/mol. The van der Waals surface area contributed by atoms with Gasteiger partial charge in [-0.05, 0) is 50.5 Å². The third-order valence-corrected chi connectivity index (χ3v) is 10.6. The zero-order chi connectivity index (χ0) is 29.7. The van der Waals surface area contributed by atoms with E-state index in [2.05, 4.69) is 0 Å². The molecular formula is C28H31F5N2O4S2. The minimum Gasteiger partial charge on any atom is -0.491 e. The molecule has 2 atom stereocenters. The number of thioether (sulfide) groups is 1. The van der Waals surface area contributed by atoms with Gasteiger partial charge in [0, 0.05) is 55.9 Å². The fourth-order valence-electron chi connectivity index (χ4n) is 5.04. The van der Waals surface area contributed by atoms with Gasteiger partial charge in [0.25, 0.3) is 0 Å². The van der Waals surface area contributed by atoms with Crippen molar-refractivity contribution >= 4 is 40.1 Å². The highest BCUT2D eigenvalue weighted by atomic mass is 32.2. The van der Waals surface area contributed by atoms with Gasteiger partial charge in [0.2, 0.25) is 11.8 Å². The average Bonchev–Trinajstić information content (AvgIpc) is 3.67. The van der Waals surface area contributed by atoms with E-state index in [1.165, 1.54) is 40.3 Å². The lowest BCUT2D eigenvalue weighted by Gasteiger charge is -2.35. The summed E-state index contributed by atoms with van der Waals surface area (Å²) in [6.07, 6.45) is -0.220. The molecule has 1 N–H and O–H groups in total. The molecule has 6 nitrogen and oxygen atoms in total. The van der Waals surface area contributed by atoms with E-state index < -0.39 is 57.7 Å². The molecule has 224 valence electrons. The molecule has 0 saturated heterocycles. The van der Waals surface area contributed by atoms with Crippen molar-refractivity contribution < 1.29 is 40.8 Å².